The molecule has 0 amide bonds. The maximum atomic E-state index is 12.2. The van der Waals surface area contributed by atoms with E-state index in [2.05, 4.69) is 10.0 Å². The molecule has 0 radical (unpaired) electrons. The zero-order valence-corrected chi connectivity index (χ0v) is 12.7. The van der Waals surface area contributed by atoms with Crippen LogP contribution in [-0.4, -0.2) is 34.7 Å². The van der Waals surface area contributed by atoms with Gasteiger partial charge in [-0.15, -0.1) is 12.4 Å². The van der Waals surface area contributed by atoms with Crippen LogP contribution >= 0.6 is 12.4 Å². The van der Waals surface area contributed by atoms with E-state index in [9.17, 15) is 8.42 Å². The Balaban J connectivity index is 0.00000147. The van der Waals surface area contributed by atoms with Crippen LogP contribution in [0.3, 0.4) is 0 Å². The monoisotopic (exact) mass is 318 g/mol. The summed E-state index contributed by atoms with van der Waals surface area (Å²) in [6.07, 6.45) is 1.81. The van der Waals surface area contributed by atoms with Gasteiger partial charge in [-0.05, 0) is 49.2 Å². The molecule has 20 heavy (non-hydrogen) atoms. The third kappa shape index (κ3) is 3.25. The van der Waals surface area contributed by atoms with E-state index in [-0.39, 0.29) is 12.4 Å². The van der Waals surface area contributed by atoms with Crippen molar-refractivity contribution in [1.29, 1.82) is 0 Å². The number of hydrogen-bond donors (Lipinski definition) is 2. The molecule has 7 heteroatoms. The molecule has 1 aromatic carbocycles. The molecule has 2 aliphatic heterocycles. The van der Waals surface area contributed by atoms with E-state index in [0.717, 1.165) is 37.2 Å². The average Bonchev–Trinajstić information content (AvgIpc) is 3.06. The van der Waals surface area contributed by atoms with Crippen LogP contribution in [0.25, 0.3) is 0 Å². The average molecular weight is 319 g/mol. The molecule has 1 atom stereocenters. The highest BCUT2D eigenvalue weighted by molar-refractivity contribution is 7.89. The fraction of sp³-hybridized carbons (Fsp3) is 0.538. The summed E-state index contributed by atoms with van der Waals surface area (Å²) in [5, 5.41) is 3.23. The Labute approximate surface area is 125 Å². The Kier molecular flexibility index (Phi) is 4.90. The second-order valence-corrected chi connectivity index (χ2v) is 6.85. The number of hydrogen-bond acceptors (Lipinski definition) is 4. The molecular weight excluding hydrogens is 300 g/mol. The number of rotatable bonds is 4. The lowest BCUT2D eigenvalue weighted by molar-refractivity contribution is 0.356. The SMILES string of the molecule is Cl.O=S(=O)(NCC1CCNC1)c1ccc2c(c1)CCO2. The van der Waals surface area contributed by atoms with Gasteiger partial charge in [0.05, 0.1) is 11.5 Å². The lowest BCUT2D eigenvalue weighted by Crippen LogP contribution is -2.30. The van der Waals surface area contributed by atoms with Crippen LogP contribution in [0.2, 0.25) is 0 Å². The number of nitrogens with one attached hydrogen (secondary N) is 2. The van der Waals surface area contributed by atoms with E-state index in [4.69, 9.17) is 4.74 Å². The van der Waals surface area contributed by atoms with Crippen molar-refractivity contribution in [2.45, 2.75) is 17.7 Å². The second-order valence-electron chi connectivity index (χ2n) is 5.08. The highest BCUT2D eigenvalue weighted by Crippen LogP contribution is 2.27. The first kappa shape index (κ1) is 15.6. The molecule has 0 aromatic heterocycles. The lowest BCUT2D eigenvalue weighted by Gasteiger charge is -2.11. The molecule has 0 spiro atoms. The highest BCUT2D eigenvalue weighted by Gasteiger charge is 2.21. The van der Waals surface area contributed by atoms with E-state index in [1.54, 1.807) is 18.2 Å². The van der Waals surface area contributed by atoms with Crippen LogP contribution in [0.15, 0.2) is 23.1 Å². The minimum atomic E-state index is -3.40. The van der Waals surface area contributed by atoms with Crippen LogP contribution in [-0.2, 0) is 16.4 Å². The standard InChI is InChI=1S/C13H18N2O3S.ClH/c16-19(17,15-9-10-3-5-14-8-10)12-1-2-13-11(7-12)4-6-18-13;/h1-2,7,10,14-15H,3-6,8-9H2;1H. The zero-order valence-electron chi connectivity index (χ0n) is 11.1. The first-order valence-electron chi connectivity index (χ1n) is 6.61. The summed E-state index contributed by atoms with van der Waals surface area (Å²) in [6.45, 7) is 3.01. The summed E-state index contributed by atoms with van der Waals surface area (Å²) in [6, 6.07) is 5.07. The van der Waals surface area contributed by atoms with Gasteiger partial charge in [0.1, 0.15) is 5.75 Å². The summed E-state index contributed by atoms with van der Waals surface area (Å²) >= 11 is 0. The molecule has 0 aliphatic carbocycles. The highest BCUT2D eigenvalue weighted by atomic mass is 35.5. The summed E-state index contributed by atoms with van der Waals surface area (Å²) in [7, 11) is -3.40. The van der Waals surface area contributed by atoms with E-state index < -0.39 is 10.0 Å². The van der Waals surface area contributed by atoms with E-state index in [1.807, 2.05) is 0 Å². The second kappa shape index (κ2) is 6.30. The maximum Gasteiger partial charge on any atom is 0.240 e. The molecule has 3 rings (SSSR count). The van der Waals surface area contributed by atoms with Crippen molar-refractivity contribution in [3.05, 3.63) is 23.8 Å². The van der Waals surface area contributed by atoms with Crippen molar-refractivity contribution in [2.75, 3.05) is 26.2 Å². The largest absolute Gasteiger partial charge is 0.493 e. The van der Waals surface area contributed by atoms with E-state index >= 15 is 0 Å². The van der Waals surface area contributed by atoms with Gasteiger partial charge in [-0.25, -0.2) is 13.1 Å². The zero-order chi connectivity index (χ0) is 13.3. The minimum Gasteiger partial charge on any atom is -0.493 e. The first-order valence-corrected chi connectivity index (χ1v) is 8.09. The topological polar surface area (TPSA) is 67.4 Å². The van der Waals surface area contributed by atoms with Gasteiger partial charge in [-0.1, -0.05) is 0 Å². The Bertz CT molecular complexity index is 571. The number of ether oxygens (including phenoxy) is 1. The number of fused-ring (bicyclic) bond motifs is 1. The minimum absolute atomic E-state index is 0. The van der Waals surface area contributed by atoms with Gasteiger partial charge >= 0.3 is 0 Å². The van der Waals surface area contributed by atoms with Crippen molar-refractivity contribution in [3.8, 4) is 5.75 Å². The fourth-order valence-electron chi connectivity index (χ4n) is 2.53. The van der Waals surface area contributed by atoms with Gasteiger partial charge in [-0.3, -0.25) is 0 Å². The fourth-order valence-corrected chi connectivity index (χ4v) is 3.70. The van der Waals surface area contributed by atoms with Gasteiger partial charge in [0.15, 0.2) is 0 Å². The van der Waals surface area contributed by atoms with Crippen LogP contribution in [0, 0.1) is 5.92 Å². The van der Waals surface area contributed by atoms with Crippen molar-refractivity contribution in [2.24, 2.45) is 5.92 Å². The number of sulfonamides is 1. The van der Waals surface area contributed by atoms with Crippen LogP contribution in [0.4, 0.5) is 0 Å². The van der Waals surface area contributed by atoms with Gasteiger partial charge in [0.2, 0.25) is 10.0 Å². The van der Waals surface area contributed by atoms with E-state index in [1.165, 1.54) is 0 Å². The first-order chi connectivity index (χ1) is 9.15. The van der Waals surface area contributed by atoms with Gasteiger partial charge < -0.3 is 10.1 Å². The Morgan fingerprint density at radius 1 is 1.40 bits per heavy atom. The number of benzene rings is 1. The van der Waals surface area contributed by atoms with Gasteiger partial charge in [-0.2, -0.15) is 0 Å². The summed E-state index contributed by atoms with van der Waals surface area (Å²) in [4.78, 5) is 0.336. The molecule has 2 heterocycles. The third-order valence-corrected chi connectivity index (χ3v) is 5.12. The third-order valence-electron chi connectivity index (χ3n) is 3.70. The predicted octanol–water partition coefficient (Wildman–Crippen LogP) is 0.931. The quantitative estimate of drug-likeness (QED) is 0.867. The molecular formula is C13H19ClN2O3S. The van der Waals surface area contributed by atoms with Crippen molar-refractivity contribution >= 4 is 22.4 Å². The van der Waals surface area contributed by atoms with Crippen LogP contribution in [0.1, 0.15) is 12.0 Å². The van der Waals surface area contributed by atoms with Crippen molar-refractivity contribution in [3.63, 3.8) is 0 Å². The lowest BCUT2D eigenvalue weighted by atomic mass is 10.1. The summed E-state index contributed by atoms with van der Waals surface area (Å²) in [5.74, 6) is 1.20. The Morgan fingerprint density at radius 3 is 3.00 bits per heavy atom. The Hall–Kier alpha value is -0.820. The molecule has 0 bridgehead atoms. The van der Waals surface area contributed by atoms with Crippen molar-refractivity contribution < 1.29 is 13.2 Å². The van der Waals surface area contributed by atoms with Crippen LogP contribution < -0.4 is 14.8 Å². The van der Waals surface area contributed by atoms with Crippen molar-refractivity contribution in [1.82, 2.24) is 10.0 Å². The molecule has 112 valence electrons. The summed E-state index contributed by atoms with van der Waals surface area (Å²) in [5.41, 5.74) is 0.977. The van der Waals surface area contributed by atoms with E-state index in [0.29, 0.717) is 24.0 Å². The van der Waals surface area contributed by atoms with Gasteiger partial charge in [0, 0.05) is 13.0 Å². The Morgan fingerprint density at radius 2 is 2.25 bits per heavy atom. The summed E-state index contributed by atoms with van der Waals surface area (Å²) < 4.78 is 32.5. The predicted molar refractivity (Wildman–Crippen MR) is 79.1 cm³/mol. The van der Waals surface area contributed by atoms with Gasteiger partial charge in [0.25, 0.3) is 0 Å². The molecule has 1 aromatic rings. The normalized spacial score (nSPS) is 21.1. The molecule has 1 fully saturated rings. The molecule has 0 saturated carbocycles. The molecule has 5 nitrogen and oxygen atoms in total. The number of halogens is 1. The molecule has 1 saturated heterocycles. The molecule has 1 unspecified atom stereocenters. The molecule has 2 aliphatic rings. The smallest absolute Gasteiger partial charge is 0.240 e. The molecule has 2 N–H and O–H groups in total. The van der Waals surface area contributed by atoms with Crippen LogP contribution in [0.5, 0.6) is 5.75 Å². The maximum absolute atomic E-state index is 12.2.